The number of nitrogens with one attached hydrogen (secondary N) is 1. The lowest BCUT2D eigenvalue weighted by atomic mass is 10.2. The zero-order valence-electron chi connectivity index (χ0n) is 11.0. The summed E-state index contributed by atoms with van der Waals surface area (Å²) < 4.78 is 5.45. The molecule has 0 heterocycles. The van der Waals surface area contributed by atoms with Gasteiger partial charge < -0.3 is 15.2 Å². The molecule has 0 amide bonds. The first-order valence-corrected chi connectivity index (χ1v) is 6.73. The molecule has 0 saturated carbocycles. The highest BCUT2D eigenvalue weighted by atomic mass is 35.5. The number of aliphatic hydroxyl groups excluding tert-OH is 1. The number of ether oxygens (including phenoxy) is 1. The van der Waals surface area contributed by atoms with E-state index in [1.807, 2.05) is 24.3 Å². The second kappa shape index (κ2) is 8.48. The van der Waals surface area contributed by atoms with Gasteiger partial charge in [0.15, 0.2) is 0 Å². The Morgan fingerprint density at radius 1 is 1.33 bits per heavy atom. The number of hydrogen-bond acceptors (Lipinski definition) is 3. The topological polar surface area (TPSA) is 41.5 Å². The van der Waals surface area contributed by atoms with Crippen LogP contribution in [0.4, 0.5) is 0 Å². The summed E-state index contributed by atoms with van der Waals surface area (Å²) in [7, 11) is 0. The second-order valence-corrected chi connectivity index (χ2v) is 4.95. The molecule has 102 valence electrons. The predicted octanol–water partition coefficient (Wildman–Crippen LogP) is 2.61. The SMILES string of the molecule is CC[C@@H](C)NC[C@H](O)COCc1ccc(Cl)cc1. The average Bonchev–Trinajstić information content (AvgIpc) is 2.38. The Labute approximate surface area is 114 Å². The largest absolute Gasteiger partial charge is 0.389 e. The zero-order valence-corrected chi connectivity index (χ0v) is 11.8. The summed E-state index contributed by atoms with van der Waals surface area (Å²) >= 11 is 5.79. The smallest absolute Gasteiger partial charge is 0.0897 e. The summed E-state index contributed by atoms with van der Waals surface area (Å²) in [4.78, 5) is 0. The van der Waals surface area contributed by atoms with Crippen molar-refractivity contribution in [3.05, 3.63) is 34.9 Å². The van der Waals surface area contributed by atoms with Crippen LogP contribution in [0, 0.1) is 0 Å². The van der Waals surface area contributed by atoms with E-state index in [0.29, 0.717) is 25.8 Å². The lowest BCUT2D eigenvalue weighted by Crippen LogP contribution is -2.35. The Morgan fingerprint density at radius 3 is 2.61 bits per heavy atom. The minimum Gasteiger partial charge on any atom is -0.389 e. The Kier molecular flexibility index (Phi) is 7.28. The minimum atomic E-state index is -0.466. The predicted molar refractivity (Wildman–Crippen MR) is 74.9 cm³/mol. The molecule has 1 rings (SSSR count). The Bertz CT molecular complexity index is 329. The van der Waals surface area contributed by atoms with Gasteiger partial charge in [-0.1, -0.05) is 30.7 Å². The van der Waals surface area contributed by atoms with Crippen molar-refractivity contribution in [1.29, 1.82) is 0 Å². The van der Waals surface area contributed by atoms with Crippen LogP contribution in [0.2, 0.25) is 5.02 Å². The van der Waals surface area contributed by atoms with E-state index in [-0.39, 0.29) is 0 Å². The highest BCUT2D eigenvalue weighted by molar-refractivity contribution is 6.30. The zero-order chi connectivity index (χ0) is 13.4. The fourth-order valence-corrected chi connectivity index (χ4v) is 1.56. The van der Waals surface area contributed by atoms with E-state index in [1.54, 1.807) is 0 Å². The van der Waals surface area contributed by atoms with Crippen LogP contribution in [0.25, 0.3) is 0 Å². The fourth-order valence-electron chi connectivity index (χ4n) is 1.43. The molecule has 0 saturated heterocycles. The van der Waals surface area contributed by atoms with Crippen LogP contribution in [-0.4, -0.2) is 30.4 Å². The first-order valence-electron chi connectivity index (χ1n) is 6.35. The normalized spacial score (nSPS) is 14.4. The van der Waals surface area contributed by atoms with Crippen LogP contribution >= 0.6 is 11.6 Å². The number of benzene rings is 1. The molecule has 1 aromatic rings. The van der Waals surface area contributed by atoms with Gasteiger partial charge in [-0.2, -0.15) is 0 Å². The Balaban J connectivity index is 2.15. The van der Waals surface area contributed by atoms with Gasteiger partial charge >= 0.3 is 0 Å². The van der Waals surface area contributed by atoms with Crippen LogP contribution < -0.4 is 5.32 Å². The summed E-state index contributed by atoms with van der Waals surface area (Å²) in [6, 6.07) is 7.94. The molecule has 4 heteroatoms. The van der Waals surface area contributed by atoms with Crippen molar-refractivity contribution in [1.82, 2.24) is 5.32 Å². The summed E-state index contributed by atoms with van der Waals surface area (Å²) in [5.74, 6) is 0. The van der Waals surface area contributed by atoms with Crippen molar-refractivity contribution in [2.24, 2.45) is 0 Å². The maximum atomic E-state index is 9.71. The summed E-state index contributed by atoms with van der Waals surface area (Å²) in [6.45, 7) is 5.61. The second-order valence-electron chi connectivity index (χ2n) is 4.51. The highest BCUT2D eigenvalue weighted by Gasteiger charge is 2.06. The number of rotatable bonds is 8. The van der Waals surface area contributed by atoms with E-state index in [1.165, 1.54) is 0 Å². The standard InChI is InChI=1S/C14H22ClNO2/c1-3-11(2)16-8-14(17)10-18-9-12-4-6-13(15)7-5-12/h4-7,11,14,16-17H,3,8-10H2,1-2H3/t11-,14+/m1/s1. The lowest BCUT2D eigenvalue weighted by Gasteiger charge is -2.15. The maximum Gasteiger partial charge on any atom is 0.0897 e. The molecule has 0 aliphatic heterocycles. The van der Waals surface area contributed by atoms with E-state index in [0.717, 1.165) is 17.0 Å². The van der Waals surface area contributed by atoms with Crippen LogP contribution in [-0.2, 0) is 11.3 Å². The van der Waals surface area contributed by atoms with Crippen molar-refractivity contribution in [3.63, 3.8) is 0 Å². The monoisotopic (exact) mass is 271 g/mol. The lowest BCUT2D eigenvalue weighted by molar-refractivity contribution is 0.0278. The Hall–Kier alpha value is -0.610. The molecule has 0 unspecified atom stereocenters. The van der Waals surface area contributed by atoms with Gasteiger partial charge in [-0.15, -0.1) is 0 Å². The molecule has 0 fully saturated rings. The Morgan fingerprint density at radius 2 is 2.00 bits per heavy atom. The van der Waals surface area contributed by atoms with Gasteiger partial charge in [0.25, 0.3) is 0 Å². The third-order valence-electron chi connectivity index (χ3n) is 2.81. The third kappa shape index (κ3) is 6.36. The van der Waals surface area contributed by atoms with E-state index >= 15 is 0 Å². The molecule has 0 spiro atoms. The van der Waals surface area contributed by atoms with Crippen LogP contribution in [0.5, 0.6) is 0 Å². The van der Waals surface area contributed by atoms with Gasteiger partial charge in [-0.25, -0.2) is 0 Å². The van der Waals surface area contributed by atoms with Crippen molar-refractivity contribution in [2.75, 3.05) is 13.2 Å². The molecule has 0 aliphatic carbocycles. The van der Waals surface area contributed by atoms with Crippen LogP contribution in [0.15, 0.2) is 24.3 Å². The van der Waals surface area contributed by atoms with Crippen LogP contribution in [0.1, 0.15) is 25.8 Å². The summed E-state index contributed by atoms with van der Waals surface area (Å²) in [5, 5.41) is 13.7. The number of aliphatic hydroxyl groups is 1. The molecule has 18 heavy (non-hydrogen) atoms. The third-order valence-corrected chi connectivity index (χ3v) is 3.06. The van der Waals surface area contributed by atoms with E-state index in [9.17, 15) is 5.11 Å². The van der Waals surface area contributed by atoms with Gasteiger partial charge in [0, 0.05) is 17.6 Å². The molecule has 0 radical (unpaired) electrons. The first-order chi connectivity index (χ1) is 8.61. The molecular formula is C14H22ClNO2. The van der Waals surface area contributed by atoms with E-state index in [4.69, 9.17) is 16.3 Å². The van der Waals surface area contributed by atoms with Crippen LogP contribution in [0.3, 0.4) is 0 Å². The molecule has 1 aromatic carbocycles. The molecule has 2 N–H and O–H groups in total. The molecule has 0 aromatic heterocycles. The van der Waals surface area contributed by atoms with Crippen molar-refractivity contribution < 1.29 is 9.84 Å². The van der Waals surface area contributed by atoms with E-state index in [2.05, 4.69) is 19.2 Å². The minimum absolute atomic E-state index is 0.339. The quantitative estimate of drug-likeness (QED) is 0.764. The van der Waals surface area contributed by atoms with Gasteiger partial charge in [0.1, 0.15) is 0 Å². The van der Waals surface area contributed by atoms with Gasteiger partial charge in [0.2, 0.25) is 0 Å². The molecule has 3 nitrogen and oxygen atoms in total. The molecular weight excluding hydrogens is 250 g/mol. The average molecular weight is 272 g/mol. The maximum absolute atomic E-state index is 9.71. The molecule has 2 atom stereocenters. The van der Waals surface area contributed by atoms with Crippen molar-refractivity contribution in [3.8, 4) is 0 Å². The highest BCUT2D eigenvalue weighted by Crippen LogP contribution is 2.10. The molecule has 0 bridgehead atoms. The summed E-state index contributed by atoms with van der Waals surface area (Å²) in [5.41, 5.74) is 1.06. The first kappa shape index (κ1) is 15.4. The van der Waals surface area contributed by atoms with Crippen molar-refractivity contribution in [2.45, 2.75) is 39.0 Å². The number of halogens is 1. The summed E-state index contributed by atoms with van der Waals surface area (Å²) in [6.07, 6.45) is 0.588. The van der Waals surface area contributed by atoms with Gasteiger partial charge in [0.05, 0.1) is 19.3 Å². The van der Waals surface area contributed by atoms with E-state index < -0.39 is 6.10 Å². The number of hydrogen-bond donors (Lipinski definition) is 2. The van der Waals surface area contributed by atoms with Crippen molar-refractivity contribution >= 4 is 11.6 Å². The van der Waals surface area contributed by atoms with Gasteiger partial charge in [-0.3, -0.25) is 0 Å². The van der Waals surface area contributed by atoms with Gasteiger partial charge in [-0.05, 0) is 31.0 Å². The molecule has 0 aliphatic rings. The fraction of sp³-hybridized carbons (Fsp3) is 0.571.